The number of hydrogen-bond donors (Lipinski definition) is 2. The quantitative estimate of drug-likeness (QED) is 0.610. The Hall–Kier alpha value is -1.49. The van der Waals surface area contributed by atoms with Gasteiger partial charge in [0.05, 0.1) is 30.6 Å². The summed E-state index contributed by atoms with van der Waals surface area (Å²) in [6.45, 7) is 1.78. The molecule has 4 nitrogen and oxygen atoms in total. The van der Waals surface area contributed by atoms with Crippen LogP contribution in [-0.2, 0) is 0 Å². The fourth-order valence-electron chi connectivity index (χ4n) is 1.25. The lowest BCUT2D eigenvalue weighted by Gasteiger charge is -2.13. The van der Waals surface area contributed by atoms with Crippen LogP contribution in [0.2, 0.25) is 0 Å². The third-order valence-electron chi connectivity index (χ3n) is 1.84. The van der Waals surface area contributed by atoms with E-state index in [1.807, 2.05) is 0 Å². The summed E-state index contributed by atoms with van der Waals surface area (Å²) in [7, 11) is 3.14. The number of benzene rings is 1. The molecule has 0 spiro atoms. The summed E-state index contributed by atoms with van der Waals surface area (Å²) in [6, 6.07) is 3.48. The number of hydrogen-bond acceptors (Lipinski definition) is 4. The van der Waals surface area contributed by atoms with Crippen LogP contribution in [0.15, 0.2) is 12.1 Å². The van der Waals surface area contributed by atoms with Crippen LogP contribution in [0.25, 0.3) is 0 Å². The second kappa shape index (κ2) is 4.84. The van der Waals surface area contributed by atoms with E-state index in [0.717, 1.165) is 0 Å². The second-order valence-corrected chi connectivity index (χ2v) is 3.59. The Morgan fingerprint density at radius 1 is 1.33 bits per heavy atom. The Morgan fingerprint density at radius 3 is 2.47 bits per heavy atom. The number of nitrogen functional groups attached to an aromatic ring is 1. The first-order valence-electron chi connectivity index (χ1n) is 4.37. The largest absolute Gasteiger partial charge is 0.497 e. The molecule has 0 radical (unpaired) electrons. The number of anilines is 2. The van der Waals surface area contributed by atoms with Crippen LogP contribution in [0, 0.1) is 0 Å². The highest BCUT2D eigenvalue weighted by Crippen LogP contribution is 2.35. The van der Waals surface area contributed by atoms with Crippen molar-refractivity contribution in [3.8, 4) is 11.5 Å². The summed E-state index contributed by atoms with van der Waals surface area (Å²) < 4.78 is 10.3. The molecule has 3 N–H and O–H groups in total. The van der Waals surface area contributed by atoms with Crippen LogP contribution >= 0.6 is 12.2 Å². The van der Waals surface area contributed by atoms with E-state index in [2.05, 4.69) is 5.32 Å². The number of methoxy groups -OCH3 is 2. The standard InChI is InChI=1S/C10H14N2O2S/c1-6(15)12-9-5-7(13-2)4-8(11)10(9)14-3/h4-5H,11H2,1-3H3,(H,12,15). The molecule has 5 heteroatoms. The van der Waals surface area contributed by atoms with Crippen molar-refractivity contribution in [2.45, 2.75) is 6.92 Å². The number of nitrogens with one attached hydrogen (secondary N) is 1. The predicted molar refractivity (Wildman–Crippen MR) is 65.9 cm³/mol. The van der Waals surface area contributed by atoms with Crippen molar-refractivity contribution in [2.75, 3.05) is 25.3 Å². The Kier molecular flexibility index (Phi) is 3.74. The molecule has 0 heterocycles. The van der Waals surface area contributed by atoms with Gasteiger partial charge in [0.25, 0.3) is 0 Å². The Labute approximate surface area is 94.4 Å². The minimum Gasteiger partial charge on any atom is -0.497 e. The van der Waals surface area contributed by atoms with Gasteiger partial charge in [0.15, 0.2) is 5.75 Å². The monoisotopic (exact) mass is 226 g/mol. The number of thiocarbonyl (C=S) groups is 1. The van der Waals surface area contributed by atoms with Crippen LogP contribution in [0.4, 0.5) is 11.4 Å². The van der Waals surface area contributed by atoms with E-state index in [1.54, 1.807) is 33.3 Å². The molecule has 0 aliphatic carbocycles. The average molecular weight is 226 g/mol. The van der Waals surface area contributed by atoms with E-state index >= 15 is 0 Å². The molecule has 0 saturated heterocycles. The highest BCUT2D eigenvalue weighted by molar-refractivity contribution is 7.80. The fraction of sp³-hybridized carbons (Fsp3) is 0.300. The first-order valence-corrected chi connectivity index (χ1v) is 4.78. The molecule has 0 atom stereocenters. The molecule has 0 amide bonds. The number of rotatable bonds is 3. The molecule has 0 aliphatic heterocycles. The molecule has 15 heavy (non-hydrogen) atoms. The van der Waals surface area contributed by atoms with E-state index in [9.17, 15) is 0 Å². The fourth-order valence-corrected chi connectivity index (χ4v) is 1.36. The van der Waals surface area contributed by atoms with E-state index in [1.165, 1.54) is 0 Å². The van der Waals surface area contributed by atoms with Crippen LogP contribution in [-0.4, -0.2) is 19.2 Å². The highest BCUT2D eigenvalue weighted by atomic mass is 32.1. The van der Waals surface area contributed by atoms with Gasteiger partial charge < -0.3 is 20.5 Å². The van der Waals surface area contributed by atoms with Crippen molar-refractivity contribution >= 4 is 28.6 Å². The molecule has 0 fully saturated rings. The van der Waals surface area contributed by atoms with E-state index in [4.69, 9.17) is 27.4 Å². The molecular weight excluding hydrogens is 212 g/mol. The van der Waals surface area contributed by atoms with Gasteiger partial charge in [-0.1, -0.05) is 12.2 Å². The minimum absolute atomic E-state index is 0.510. The summed E-state index contributed by atoms with van der Waals surface area (Å²) in [6.07, 6.45) is 0. The van der Waals surface area contributed by atoms with Crippen molar-refractivity contribution in [3.63, 3.8) is 0 Å². The van der Waals surface area contributed by atoms with Crippen molar-refractivity contribution in [3.05, 3.63) is 12.1 Å². The molecule has 1 aromatic carbocycles. The SMILES string of the molecule is COc1cc(N)c(OC)c(NC(C)=S)c1. The van der Waals surface area contributed by atoms with Gasteiger partial charge in [-0.05, 0) is 6.92 Å². The van der Waals surface area contributed by atoms with Crippen LogP contribution in [0.3, 0.4) is 0 Å². The maximum Gasteiger partial charge on any atom is 0.165 e. The molecular formula is C10H14N2O2S. The number of ether oxygens (including phenoxy) is 2. The summed E-state index contributed by atoms with van der Waals surface area (Å²) >= 11 is 4.96. The maximum atomic E-state index is 5.80. The predicted octanol–water partition coefficient (Wildman–Crippen LogP) is 2.05. The van der Waals surface area contributed by atoms with Gasteiger partial charge in [-0.25, -0.2) is 0 Å². The normalized spacial score (nSPS) is 9.53. The summed E-state index contributed by atoms with van der Waals surface area (Å²) in [5.41, 5.74) is 7.02. The van der Waals surface area contributed by atoms with Crippen molar-refractivity contribution < 1.29 is 9.47 Å². The van der Waals surface area contributed by atoms with Crippen LogP contribution < -0.4 is 20.5 Å². The van der Waals surface area contributed by atoms with Gasteiger partial charge in [0.2, 0.25) is 0 Å². The average Bonchev–Trinajstić information content (AvgIpc) is 2.16. The Bertz CT molecular complexity index is 380. The first-order chi connectivity index (χ1) is 7.08. The third kappa shape index (κ3) is 2.73. The van der Waals surface area contributed by atoms with Gasteiger partial charge >= 0.3 is 0 Å². The second-order valence-electron chi connectivity index (χ2n) is 2.98. The zero-order valence-corrected chi connectivity index (χ0v) is 9.77. The zero-order chi connectivity index (χ0) is 11.4. The highest BCUT2D eigenvalue weighted by Gasteiger charge is 2.09. The molecule has 0 aliphatic rings. The van der Waals surface area contributed by atoms with Gasteiger partial charge in [0, 0.05) is 12.1 Å². The Balaban J connectivity index is 3.19. The van der Waals surface area contributed by atoms with Gasteiger partial charge in [-0.3, -0.25) is 0 Å². The Morgan fingerprint density at radius 2 is 2.00 bits per heavy atom. The van der Waals surface area contributed by atoms with E-state index in [0.29, 0.717) is 27.9 Å². The minimum atomic E-state index is 0.510. The summed E-state index contributed by atoms with van der Waals surface area (Å²) in [5, 5.41) is 2.99. The molecule has 0 aromatic heterocycles. The van der Waals surface area contributed by atoms with Crippen molar-refractivity contribution in [1.29, 1.82) is 0 Å². The zero-order valence-electron chi connectivity index (χ0n) is 8.96. The third-order valence-corrected chi connectivity index (χ3v) is 1.94. The molecule has 0 bridgehead atoms. The topological polar surface area (TPSA) is 56.5 Å². The maximum absolute atomic E-state index is 5.80. The van der Waals surface area contributed by atoms with Crippen LogP contribution in [0.5, 0.6) is 11.5 Å². The van der Waals surface area contributed by atoms with Gasteiger partial charge in [0.1, 0.15) is 5.75 Å². The van der Waals surface area contributed by atoms with Crippen LogP contribution in [0.1, 0.15) is 6.92 Å². The molecule has 1 rings (SSSR count). The molecule has 1 aromatic rings. The van der Waals surface area contributed by atoms with Crippen molar-refractivity contribution in [2.24, 2.45) is 0 Å². The molecule has 82 valence electrons. The van der Waals surface area contributed by atoms with Gasteiger partial charge in [-0.2, -0.15) is 0 Å². The summed E-state index contributed by atoms with van der Waals surface area (Å²) in [5.74, 6) is 1.23. The molecule has 0 saturated carbocycles. The molecule has 0 unspecified atom stereocenters. The van der Waals surface area contributed by atoms with E-state index < -0.39 is 0 Å². The lowest BCUT2D eigenvalue weighted by atomic mass is 10.2. The summed E-state index contributed by atoms with van der Waals surface area (Å²) in [4.78, 5) is 0.640. The first kappa shape index (κ1) is 11.6. The van der Waals surface area contributed by atoms with Gasteiger partial charge in [-0.15, -0.1) is 0 Å². The number of nitrogens with two attached hydrogens (primary N) is 1. The smallest absolute Gasteiger partial charge is 0.165 e. The lowest BCUT2D eigenvalue weighted by molar-refractivity contribution is 0.406. The van der Waals surface area contributed by atoms with Crippen molar-refractivity contribution in [1.82, 2.24) is 0 Å². The lowest BCUT2D eigenvalue weighted by Crippen LogP contribution is -2.06. The van der Waals surface area contributed by atoms with E-state index in [-0.39, 0.29) is 0 Å².